The second-order valence-corrected chi connectivity index (χ2v) is 9.09. The average Bonchev–Trinajstić information content (AvgIpc) is 2.99. The first kappa shape index (κ1) is 23.5. The van der Waals surface area contributed by atoms with Gasteiger partial charge in [-0.05, 0) is 63.8 Å². The number of nitrogens with one attached hydrogen (secondary N) is 2. The number of terminal acetylenes is 1. The van der Waals surface area contributed by atoms with Crippen LogP contribution in [0.3, 0.4) is 0 Å². The first-order valence-corrected chi connectivity index (χ1v) is 9.89. The summed E-state index contributed by atoms with van der Waals surface area (Å²) in [7, 11) is 0. The second-order valence-electron chi connectivity index (χ2n) is 9.09. The lowest BCUT2D eigenvalue weighted by atomic mass is 9.80. The van der Waals surface area contributed by atoms with Gasteiger partial charge in [0.05, 0.1) is 6.54 Å². The first-order valence-electron chi connectivity index (χ1n) is 9.89. The Morgan fingerprint density at radius 2 is 1.97 bits per heavy atom. The Bertz CT molecular complexity index is 770. The maximum atomic E-state index is 12.5. The van der Waals surface area contributed by atoms with Gasteiger partial charge in [0.15, 0.2) is 0 Å². The summed E-state index contributed by atoms with van der Waals surface area (Å²) in [6, 6.07) is 6.19. The third kappa shape index (κ3) is 5.23. The van der Waals surface area contributed by atoms with Gasteiger partial charge < -0.3 is 9.94 Å². The molecule has 1 heterocycles. The predicted octanol–water partition coefficient (Wildman–Crippen LogP) is 4.28. The highest BCUT2D eigenvalue weighted by Crippen LogP contribution is 2.38. The maximum absolute atomic E-state index is 12.5. The Morgan fingerprint density at radius 1 is 1.31 bits per heavy atom. The molecule has 1 aliphatic carbocycles. The summed E-state index contributed by atoms with van der Waals surface area (Å²) in [5, 5.41) is 18.0. The van der Waals surface area contributed by atoms with Crippen LogP contribution in [-0.4, -0.2) is 40.1 Å². The number of carbonyl (C=O) groups excluding carboxylic acids is 1. The molecule has 0 unspecified atom stereocenters. The van der Waals surface area contributed by atoms with Crippen molar-refractivity contribution in [2.45, 2.75) is 76.6 Å². The van der Waals surface area contributed by atoms with E-state index in [0.29, 0.717) is 19.4 Å². The number of benzene rings is 1. The highest BCUT2D eigenvalue weighted by atomic mass is 35.5. The van der Waals surface area contributed by atoms with Crippen LogP contribution >= 0.6 is 12.4 Å². The number of nitrogens with zero attached hydrogens (tertiary/aromatic N) is 1. The van der Waals surface area contributed by atoms with Gasteiger partial charge in [-0.3, -0.25) is 10.6 Å². The number of piperidine rings is 1. The molecule has 1 aliphatic heterocycles. The normalized spacial score (nSPS) is 22.8. The molecule has 1 fully saturated rings. The van der Waals surface area contributed by atoms with E-state index in [1.807, 2.05) is 39.8 Å². The molecule has 1 atom stereocenters. The van der Waals surface area contributed by atoms with Gasteiger partial charge in [-0.1, -0.05) is 12.0 Å². The average molecular weight is 422 g/mol. The van der Waals surface area contributed by atoms with Crippen molar-refractivity contribution in [2.75, 3.05) is 11.9 Å². The van der Waals surface area contributed by atoms with E-state index in [2.05, 4.69) is 22.6 Å². The highest BCUT2D eigenvalue weighted by molar-refractivity contribution is 5.85. The lowest BCUT2D eigenvalue weighted by molar-refractivity contribution is -0.256. The van der Waals surface area contributed by atoms with E-state index in [1.165, 1.54) is 16.2 Å². The molecule has 160 valence electrons. The van der Waals surface area contributed by atoms with Gasteiger partial charge in [-0.25, -0.2) is 4.79 Å². The van der Waals surface area contributed by atoms with Crippen molar-refractivity contribution in [3.63, 3.8) is 0 Å². The quantitative estimate of drug-likeness (QED) is 0.633. The molecular weight excluding hydrogens is 390 g/mol. The summed E-state index contributed by atoms with van der Waals surface area (Å²) >= 11 is 0. The number of halogens is 1. The molecule has 0 radical (unpaired) electrons. The molecule has 29 heavy (non-hydrogen) atoms. The molecule has 7 heteroatoms. The molecule has 0 saturated carbocycles. The van der Waals surface area contributed by atoms with Crippen LogP contribution in [0.1, 0.15) is 64.1 Å². The number of ether oxygens (including phenoxy) is 1. The summed E-state index contributed by atoms with van der Waals surface area (Å²) in [5.74, 6) is 2.61. The number of amides is 1. The standard InChI is InChI=1S/C22H31N3O3.ClH/c1-6-11-23-19-10-8-15-7-9-16(12-18(15)19)24-20(26)28-17-13-21(2,3)25(27)22(4,5)14-17;/h1,7,9,12,17,19,23,27H,8,10-11,13-14H2,2-5H3,(H,24,26);1H/t19-;/m1./s1. The van der Waals surface area contributed by atoms with Crippen molar-refractivity contribution in [1.82, 2.24) is 10.4 Å². The number of anilines is 1. The Balaban J connectivity index is 0.00000300. The number of rotatable bonds is 4. The second kappa shape index (κ2) is 8.93. The van der Waals surface area contributed by atoms with Crippen LogP contribution in [-0.2, 0) is 11.2 Å². The molecule has 0 spiro atoms. The smallest absolute Gasteiger partial charge is 0.411 e. The summed E-state index contributed by atoms with van der Waals surface area (Å²) in [5.41, 5.74) is 2.26. The number of hydrogen-bond donors (Lipinski definition) is 3. The summed E-state index contributed by atoms with van der Waals surface area (Å²) in [6.45, 7) is 8.33. The monoisotopic (exact) mass is 421 g/mol. The molecule has 6 nitrogen and oxygen atoms in total. The molecule has 1 aromatic rings. The van der Waals surface area contributed by atoms with Crippen LogP contribution in [0, 0.1) is 12.3 Å². The van der Waals surface area contributed by atoms with Crippen LogP contribution < -0.4 is 10.6 Å². The van der Waals surface area contributed by atoms with Gasteiger partial charge in [-0.15, -0.1) is 18.8 Å². The zero-order valence-electron chi connectivity index (χ0n) is 17.6. The molecule has 1 amide bonds. The van der Waals surface area contributed by atoms with Crippen LogP contribution in [0.15, 0.2) is 18.2 Å². The Kier molecular flexibility index (Phi) is 7.23. The van der Waals surface area contributed by atoms with Crippen molar-refractivity contribution < 1.29 is 14.7 Å². The molecule has 0 bridgehead atoms. The number of carbonyl (C=O) groups is 1. The van der Waals surface area contributed by atoms with Gasteiger partial charge in [-0.2, -0.15) is 5.06 Å². The maximum Gasteiger partial charge on any atom is 0.411 e. The molecule has 0 aromatic heterocycles. The Labute approximate surface area is 179 Å². The van der Waals surface area contributed by atoms with Crippen LogP contribution in [0.2, 0.25) is 0 Å². The zero-order chi connectivity index (χ0) is 20.5. The van der Waals surface area contributed by atoms with Gasteiger partial charge in [0.2, 0.25) is 0 Å². The molecular formula is C22H32ClN3O3. The largest absolute Gasteiger partial charge is 0.446 e. The third-order valence-electron chi connectivity index (χ3n) is 5.80. The fraction of sp³-hybridized carbons (Fsp3) is 0.591. The van der Waals surface area contributed by atoms with Crippen molar-refractivity contribution in [1.29, 1.82) is 0 Å². The van der Waals surface area contributed by atoms with E-state index < -0.39 is 17.2 Å². The third-order valence-corrected chi connectivity index (χ3v) is 5.80. The minimum atomic E-state index is -0.464. The van der Waals surface area contributed by atoms with Crippen molar-refractivity contribution in [3.8, 4) is 12.3 Å². The molecule has 3 N–H and O–H groups in total. The molecule has 1 saturated heterocycles. The van der Waals surface area contributed by atoms with Gasteiger partial charge in [0, 0.05) is 35.6 Å². The Morgan fingerprint density at radius 3 is 2.59 bits per heavy atom. The summed E-state index contributed by atoms with van der Waals surface area (Å²) in [4.78, 5) is 12.5. The lowest BCUT2D eigenvalue weighted by Gasteiger charge is -2.50. The van der Waals surface area contributed by atoms with E-state index >= 15 is 0 Å². The van der Waals surface area contributed by atoms with Crippen molar-refractivity contribution >= 4 is 24.2 Å². The zero-order valence-corrected chi connectivity index (χ0v) is 18.4. The number of hydrogen-bond acceptors (Lipinski definition) is 5. The van der Waals surface area contributed by atoms with Crippen LogP contribution in [0.5, 0.6) is 0 Å². The Hall–Kier alpha value is -1.78. The minimum absolute atomic E-state index is 0. The number of aryl methyl sites for hydroxylation is 1. The fourth-order valence-electron chi connectivity index (χ4n) is 4.64. The van der Waals surface area contributed by atoms with E-state index in [-0.39, 0.29) is 24.6 Å². The molecule has 2 aliphatic rings. The summed E-state index contributed by atoms with van der Waals surface area (Å²) < 4.78 is 5.70. The molecule has 3 rings (SSSR count). The van der Waals surface area contributed by atoms with E-state index in [0.717, 1.165) is 18.5 Å². The predicted molar refractivity (Wildman–Crippen MR) is 116 cm³/mol. The van der Waals surface area contributed by atoms with Crippen molar-refractivity contribution in [3.05, 3.63) is 29.3 Å². The van der Waals surface area contributed by atoms with Gasteiger partial charge in [0.25, 0.3) is 0 Å². The number of fused-ring (bicyclic) bond motifs is 1. The topological polar surface area (TPSA) is 73.8 Å². The summed E-state index contributed by atoms with van der Waals surface area (Å²) in [6.07, 6.45) is 7.79. The van der Waals surface area contributed by atoms with Crippen LogP contribution in [0.4, 0.5) is 10.5 Å². The fourth-order valence-corrected chi connectivity index (χ4v) is 4.64. The van der Waals surface area contributed by atoms with Gasteiger partial charge >= 0.3 is 6.09 Å². The highest BCUT2D eigenvalue weighted by Gasteiger charge is 2.46. The SMILES string of the molecule is C#CCN[C@@H]1CCc2ccc(NC(=O)OC3CC(C)(C)N(O)C(C)(C)C3)cc21.Cl. The van der Waals surface area contributed by atoms with Crippen LogP contribution in [0.25, 0.3) is 0 Å². The first-order chi connectivity index (χ1) is 13.1. The van der Waals surface area contributed by atoms with E-state index in [9.17, 15) is 10.0 Å². The number of hydroxylamine groups is 2. The van der Waals surface area contributed by atoms with Crippen molar-refractivity contribution in [2.24, 2.45) is 0 Å². The minimum Gasteiger partial charge on any atom is -0.446 e. The van der Waals surface area contributed by atoms with E-state index in [4.69, 9.17) is 11.2 Å². The lowest BCUT2D eigenvalue weighted by Crippen LogP contribution is -2.60. The molecule has 1 aromatic carbocycles. The van der Waals surface area contributed by atoms with Gasteiger partial charge in [0.1, 0.15) is 6.10 Å². The van der Waals surface area contributed by atoms with E-state index in [1.54, 1.807) is 0 Å².